The zero-order valence-corrected chi connectivity index (χ0v) is 11.7. The highest BCUT2D eigenvalue weighted by molar-refractivity contribution is 5.89. The summed E-state index contributed by atoms with van der Waals surface area (Å²) in [6.07, 6.45) is 8.72. The van der Waals surface area contributed by atoms with Crippen LogP contribution in [-0.4, -0.2) is 43.8 Å². The zero-order chi connectivity index (χ0) is 14.5. The molecule has 1 aliphatic rings. The average molecular weight is 286 g/mol. The summed E-state index contributed by atoms with van der Waals surface area (Å²) in [4.78, 5) is 22.0. The second-order valence-electron chi connectivity index (χ2n) is 5.24. The number of hydrogen-bond acceptors (Lipinski definition) is 4. The summed E-state index contributed by atoms with van der Waals surface area (Å²) in [6, 6.07) is 3.52. The molecule has 3 rings (SSSR count). The largest absolute Gasteiger partial charge is 0.324 e. The fourth-order valence-electron chi connectivity index (χ4n) is 2.63. The smallest absolute Gasteiger partial charge is 0.321 e. The van der Waals surface area contributed by atoms with Crippen molar-refractivity contribution in [3.8, 4) is 0 Å². The van der Waals surface area contributed by atoms with E-state index in [4.69, 9.17) is 0 Å². The van der Waals surface area contributed by atoms with Crippen LogP contribution in [0.5, 0.6) is 0 Å². The average Bonchev–Trinajstić information content (AvgIpc) is 3.01. The van der Waals surface area contributed by atoms with Crippen LogP contribution < -0.4 is 5.32 Å². The second-order valence-corrected chi connectivity index (χ2v) is 5.24. The molecule has 1 aliphatic heterocycles. The van der Waals surface area contributed by atoms with Gasteiger partial charge >= 0.3 is 6.03 Å². The first-order chi connectivity index (χ1) is 10.3. The number of anilines is 1. The molecule has 2 aromatic heterocycles. The second kappa shape index (κ2) is 6.34. The summed E-state index contributed by atoms with van der Waals surface area (Å²) in [5.41, 5.74) is 0.772. The lowest BCUT2D eigenvalue weighted by atomic mass is 9.98. The summed E-state index contributed by atoms with van der Waals surface area (Å²) >= 11 is 0. The summed E-state index contributed by atoms with van der Waals surface area (Å²) < 4.78 is 1.83. The van der Waals surface area contributed by atoms with Crippen molar-refractivity contribution in [3.63, 3.8) is 0 Å². The molecule has 0 radical (unpaired) electrons. The van der Waals surface area contributed by atoms with E-state index in [1.54, 1.807) is 30.9 Å². The third kappa shape index (κ3) is 3.56. The van der Waals surface area contributed by atoms with E-state index < -0.39 is 0 Å². The van der Waals surface area contributed by atoms with Gasteiger partial charge in [0.05, 0.1) is 0 Å². The van der Waals surface area contributed by atoms with Crippen molar-refractivity contribution in [1.29, 1.82) is 0 Å². The molecule has 0 aliphatic carbocycles. The maximum atomic E-state index is 12.3. The van der Waals surface area contributed by atoms with Gasteiger partial charge in [-0.3, -0.25) is 9.67 Å². The molecule has 110 valence electrons. The minimum Gasteiger partial charge on any atom is -0.324 e. The van der Waals surface area contributed by atoms with Gasteiger partial charge in [-0.2, -0.15) is 5.10 Å². The minimum atomic E-state index is -0.0514. The van der Waals surface area contributed by atoms with E-state index in [1.807, 2.05) is 9.58 Å². The van der Waals surface area contributed by atoms with Gasteiger partial charge in [0.15, 0.2) is 0 Å². The summed E-state index contributed by atoms with van der Waals surface area (Å²) in [5, 5.41) is 7.03. The fourth-order valence-corrected chi connectivity index (χ4v) is 2.63. The fraction of sp³-hybridized carbons (Fsp3) is 0.429. The molecule has 0 saturated carbocycles. The third-order valence-electron chi connectivity index (χ3n) is 3.65. The van der Waals surface area contributed by atoms with Gasteiger partial charge in [0.1, 0.15) is 12.7 Å². The zero-order valence-electron chi connectivity index (χ0n) is 11.7. The Morgan fingerprint density at radius 3 is 2.95 bits per heavy atom. The van der Waals surface area contributed by atoms with E-state index >= 15 is 0 Å². The number of piperidine rings is 1. The third-order valence-corrected chi connectivity index (χ3v) is 3.65. The van der Waals surface area contributed by atoms with Crippen LogP contribution in [0.3, 0.4) is 0 Å². The first kappa shape index (κ1) is 13.5. The van der Waals surface area contributed by atoms with Crippen LogP contribution in [-0.2, 0) is 6.54 Å². The number of hydrogen-bond donors (Lipinski definition) is 1. The van der Waals surface area contributed by atoms with E-state index in [0.29, 0.717) is 5.92 Å². The van der Waals surface area contributed by atoms with Crippen molar-refractivity contribution in [2.75, 3.05) is 18.4 Å². The molecule has 0 unspecified atom stereocenters. The Morgan fingerprint density at radius 1 is 1.33 bits per heavy atom. The molecule has 1 saturated heterocycles. The van der Waals surface area contributed by atoms with Gasteiger partial charge < -0.3 is 10.2 Å². The number of nitrogens with zero attached hydrogens (tertiary/aromatic N) is 5. The van der Waals surface area contributed by atoms with Crippen LogP contribution in [0.15, 0.2) is 37.2 Å². The molecule has 1 N–H and O–H groups in total. The van der Waals surface area contributed by atoms with Crippen LogP contribution in [0.2, 0.25) is 0 Å². The maximum absolute atomic E-state index is 12.3. The van der Waals surface area contributed by atoms with Gasteiger partial charge in [0.25, 0.3) is 0 Å². The van der Waals surface area contributed by atoms with Crippen LogP contribution >= 0.6 is 0 Å². The van der Waals surface area contributed by atoms with Crippen LogP contribution in [0.1, 0.15) is 12.8 Å². The number of amides is 2. The SMILES string of the molecule is O=C(Nc1ccncc1)N1CCC[C@H](Cn2cncn2)C1. The molecule has 3 heterocycles. The molecular weight excluding hydrogens is 268 g/mol. The number of pyridine rings is 1. The van der Waals surface area contributed by atoms with Gasteiger partial charge in [-0.15, -0.1) is 0 Å². The molecule has 1 fully saturated rings. The molecule has 0 aromatic carbocycles. The summed E-state index contributed by atoms with van der Waals surface area (Å²) in [5.74, 6) is 0.420. The Kier molecular flexibility index (Phi) is 4.09. The van der Waals surface area contributed by atoms with Crippen molar-refractivity contribution >= 4 is 11.7 Å². The number of rotatable bonds is 3. The van der Waals surface area contributed by atoms with Crippen LogP contribution in [0, 0.1) is 5.92 Å². The summed E-state index contributed by atoms with van der Waals surface area (Å²) in [6.45, 7) is 2.35. The lowest BCUT2D eigenvalue weighted by Gasteiger charge is -2.32. The Balaban J connectivity index is 1.56. The number of carbonyl (C=O) groups is 1. The number of nitrogens with one attached hydrogen (secondary N) is 1. The van der Waals surface area contributed by atoms with Crippen molar-refractivity contribution in [3.05, 3.63) is 37.2 Å². The normalized spacial score (nSPS) is 18.5. The van der Waals surface area contributed by atoms with E-state index in [0.717, 1.165) is 38.2 Å². The predicted molar refractivity (Wildman–Crippen MR) is 77.6 cm³/mol. The predicted octanol–water partition coefficient (Wildman–Crippen LogP) is 1.62. The highest BCUT2D eigenvalue weighted by Crippen LogP contribution is 2.19. The topological polar surface area (TPSA) is 75.9 Å². The monoisotopic (exact) mass is 286 g/mol. The van der Waals surface area contributed by atoms with E-state index in [1.165, 1.54) is 6.33 Å². The lowest BCUT2D eigenvalue weighted by Crippen LogP contribution is -2.43. The molecule has 1 atom stereocenters. The molecule has 21 heavy (non-hydrogen) atoms. The maximum Gasteiger partial charge on any atom is 0.321 e. The molecule has 7 nitrogen and oxygen atoms in total. The van der Waals surface area contributed by atoms with Crippen molar-refractivity contribution in [1.82, 2.24) is 24.6 Å². The van der Waals surface area contributed by atoms with Crippen molar-refractivity contribution in [2.45, 2.75) is 19.4 Å². The molecular formula is C14H18N6O. The van der Waals surface area contributed by atoms with Gasteiger partial charge in [0, 0.05) is 37.7 Å². The van der Waals surface area contributed by atoms with Crippen molar-refractivity contribution < 1.29 is 4.79 Å². The minimum absolute atomic E-state index is 0.0514. The van der Waals surface area contributed by atoms with E-state index in [-0.39, 0.29) is 6.03 Å². The number of aromatic nitrogens is 4. The molecule has 7 heteroatoms. The Morgan fingerprint density at radius 2 is 2.19 bits per heavy atom. The quantitative estimate of drug-likeness (QED) is 0.930. The molecule has 2 amide bonds. The highest BCUT2D eigenvalue weighted by Gasteiger charge is 2.24. The molecule has 0 spiro atoms. The Bertz CT molecular complexity index is 570. The first-order valence-corrected chi connectivity index (χ1v) is 7.09. The van der Waals surface area contributed by atoms with Gasteiger partial charge in [-0.25, -0.2) is 9.78 Å². The van der Waals surface area contributed by atoms with Gasteiger partial charge in [-0.1, -0.05) is 0 Å². The number of carbonyl (C=O) groups excluding carboxylic acids is 1. The van der Waals surface area contributed by atoms with Crippen LogP contribution in [0.25, 0.3) is 0 Å². The first-order valence-electron chi connectivity index (χ1n) is 7.09. The number of urea groups is 1. The summed E-state index contributed by atoms with van der Waals surface area (Å²) in [7, 11) is 0. The Labute approximate surface area is 123 Å². The van der Waals surface area contributed by atoms with Gasteiger partial charge in [0.2, 0.25) is 0 Å². The standard InChI is InChI=1S/C14H18N6O/c21-14(18-13-3-5-15-6-4-13)19-7-1-2-12(8-19)9-20-11-16-10-17-20/h3-6,10-12H,1-2,7-9H2,(H,15,18,21)/t12-/m0/s1. The van der Waals surface area contributed by atoms with E-state index in [9.17, 15) is 4.79 Å². The van der Waals surface area contributed by atoms with E-state index in [2.05, 4.69) is 20.4 Å². The lowest BCUT2D eigenvalue weighted by molar-refractivity contribution is 0.168. The highest BCUT2D eigenvalue weighted by atomic mass is 16.2. The molecule has 0 bridgehead atoms. The Hall–Kier alpha value is -2.44. The van der Waals surface area contributed by atoms with Gasteiger partial charge in [-0.05, 0) is 30.9 Å². The number of likely N-dealkylation sites (tertiary alicyclic amines) is 1. The molecule has 2 aromatic rings. The van der Waals surface area contributed by atoms with Crippen LogP contribution in [0.4, 0.5) is 10.5 Å². The van der Waals surface area contributed by atoms with Crippen molar-refractivity contribution in [2.24, 2.45) is 5.92 Å².